The normalized spacial score (nSPS) is 35.6. The van der Waals surface area contributed by atoms with E-state index in [2.05, 4.69) is 31.6 Å². The predicted octanol–water partition coefficient (Wildman–Crippen LogP) is 0.651. The van der Waals surface area contributed by atoms with E-state index in [9.17, 15) is 0 Å². The van der Waals surface area contributed by atoms with Crippen molar-refractivity contribution in [2.75, 3.05) is 0 Å². The van der Waals surface area contributed by atoms with Gasteiger partial charge in [-0.3, -0.25) is 10.9 Å². The lowest BCUT2D eigenvalue weighted by molar-refractivity contribution is 0.431. The molecule has 0 unspecified atom stereocenters. The SMILES string of the molecule is C[C@@H]1CC(C)(C)NN1. The molecule has 0 aromatic rings. The summed E-state index contributed by atoms with van der Waals surface area (Å²) >= 11 is 0. The van der Waals surface area contributed by atoms with Gasteiger partial charge in [0.1, 0.15) is 0 Å². The zero-order chi connectivity index (χ0) is 6.20. The summed E-state index contributed by atoms with van der Waals surface area (Å²) in [7, 11) is 0. The van der Waals surface area contributed by atoms with Crippen LogP contribution in [0.3, 0.4) is 0 Å². The van der Waals surface area contributed by atoms with Crippen molar-refractivity contribution >= 4 is 0 Å². The lowest BCUT2D eigenvalue weighted by Crippen LogP contribution is -2.38. The average molecular weight is 114 g/mol. The second-order valence-corrected chi connectivity index (χ2v) is 3.26. The van der Waals surface area contributed by atoms with Crippen LogP contribution >= 0.6 is 0 Å². The minimum Gasteiger partial charge on any atom is -0.254 e. The maximum absolute atomic E-state index is 3.20. The van der Waals surface area contributed by atoms with E-state index in [0.717, 1.165) is 0 Å². The number of hydrazine groups is 1. The van der Waals surface area contributed by atoms with Crippen molar-refractivity contribution in [3.8, 4) is 0 Å². The molecule has 1 heterocycles. The Morgan fingerprint density at radius 2 is 2.12 bits per heavy atom. The first-order chi connectivity index (χ1) is 3.60. The van der Waals surface area contributed by atoms with Crippen LogP contribution in [0.1, 0.15) is 27.2 Å². The second kappa shape index (κ2) is 1.71. The first kappa shape index (κ1) is 6.05. The molecule has 1 aliphatic rings. The van der Waals surface area contributed by atoms with Crippen LogP contribution in [0, 0.1) is 0 Å². The summed E-state index contributed by atoms with van der Waals surface area (Å²) in [5, 5.41) is 0. The fraction of sp³-hybridized carbons (Fsp3) is 1.00. The highest BCUT2D eigenvalue weighted by Gasteiger charge is 2.26. The standard InChI is InChI=1S/C6H14N2/c1-5-4-6(2,3)8-7-5/h5,7-8H,4H2,1-3H3/t5-/m1/s1. The smallest absolute Gasteiger partial charge is 0.0282 e. The Morgan fingerprint density at radius 1 is 1.50 bits per heavy atom. The van der Waals surface area contributed by atoms with Gasteiger partial charge in [0, 0.05) is 11.6 Å². The van der Waals surface area contributed by atoms with Gasteiger partial charge in [-0.1, -0.05) is 0 Å². The van der Waals surface area contributed by atoms with Gasteiger partial charge in [-0.2, -0.15) is 0 Å². The molecule has 1 aliphatic heterocycles. The lowest BCUT2D eigenvalue weighted by atomic mass is 10.0. The van der Waals surface area contributed by atoms with Crippen molar-refractivity contribution < 1.29 is 0 Å². The highest BCUT2D eigenvalue weighted by molar-refractivity contribution is 4.86. The fourth-order valence-corrected chi connectivity index (χ4v) is 1.19. The van der Waals surface area contributed by atoms with Crippen molar-refractivity contribution in [2.45, 2.75) is 38.8 Å². The molecule has 0 saturated carbocycles. The van der Waals surface area contributed by atoms with Crippen molar-refractivity contribution in [3.05, 3.63) is 0 Å². The predicted molar refractivity (Wildman–Crippen MR) is 34.4 cm³/mol. The van der Waals surface area contributed by atoms with Gasteiger partial charge in [0.15, 0.2) is 0 Å². The zero-order valence-electron chi connectivity index (χ0n) is 5.78. The van der Waals surface area contributed by atoms with Crippen molar-refractivity contribution in [1.29, 1.82) is 0 Å². The monoisotopic (exact) mass is 114 g/mol. The molecule has 0 radical (unpaired) electrons. The molecule has 8 heavy (non-hydrogen) atoms. The molecule has 0 aromatic carbocycles. The van der Waals surface area contributed by atoms with Gasteiger partial charge >= 0.3 is 0 Å². The quantitative estimate of drug-likeness (QED) is 0.483. The Hall–Kier alpha value is -0.0800. The van der Waals surface area contributed by atoms with E-state index in [0.29, 0.717) is 11.6 Å². The minimum absolute atomic E-state index is 0.305. The molecule has 1 saturated heterocycles. The molecule has 48 valence electrons. The topological polar surface area (TPSA) is 24.1 Å². The Bertz CT molecular complexity index is 88.5. The molecule has 0 spiro atoms. The maximum Gasteiger partial charge on any atom is 0.0282 e. The van der Waals surface area contributed by atoms with E-state index >= 15 is 0 Å². The van der Waals surface area contributed by atoms with E-state index in [1.54, 1.807) is 0 Å². The minimum atomic E-state index is 0.305. The van der Waals surface area contributed by atoms with Gasteiger partial charge in [-0.25, -0.2) is 0 Å². The first-order valence-corrected chi connectivity index (χ1v) is 3.13. The Morgan fingerprint density at radius 3 is 2.25 bits per heavy atom. The fourth-order valence-electron chi connectivity index (χ4n) is 1.19. The van der Waals surface area contributed by atoms with Gasteiger partial charge < -0.3 is 0 Å². The Balaban J connectivity index is 2.44. The summed E-state index contributed by atoms with van der Waals surface area (Å²) < 4.78 is 0. The average Bonchev–Trinajstić information content (AvgIpc) is 1.82. The summed E-state index contributed by atoms with van der Waals surface area (Å²) in [6.45, 7) is 6.58. The van der Waals surface area contributed by atoms with E-state index in [1.165, 1.54) is 6.42 Å². The van der Waals surface area contributed by atoms with Gasteiger partial charge in [0.05, 0.1) is 0 Å². The molecule has 1 atom stereocenters. The van der Waals surface area contributed by atoms with Crippen molar-refractivity contribution in [2.24, 2.45) is 0 Å². The molecule has 1 rings (SSSR count). The zero-order valence-corrected chi connectivity index (χ0v) is 5.78. The van der Waals surface area contributed by atoms with E-state index in [4.69, 9.17) is 0 Å². The highest BCUT2D eigenvalue weighted by Crippen LogP contribution is 2.14. The van der Waals surface area contributed by atoms with Gasteiger partial charge in [0.25, 0.3) is 0 Å². The van der Waals surface area contributed by atoms with Crippen LogP contribution in [0.5, 0.6) is 0 Å². The van der Waals surface area contributed by atoms with Crippen LogP contribution in [0.4, 0.5) is 0 Å². The number of nitrogens with one attached hydrogen (secondary N) is 2. The van der Waals surface area contributed by atoms with Crippen LogP contribution in [-0.4, -0.2) is 11.6 Å². The van der Waals surface area contributed by atoms with E-state index in [1.807, 2.05) is 0 Å². The Labute approximate surface area is 50.6 Å². The summed E-state index contributed by atoms with van der Waals surface area (Å²) in [4.78, 5) is 0. The number of hydrogen-bond acceptors (Lipinski definition) is 2. The second-order valence-electron chi connectivity index (χ2n) is 3.26. The molecule has 0 aliphatic carbocycles. The van der Waals surface area contributed by atoms with Crippen LogP contribution in [0.25, 0.3) is 0 Å². The lowest BCUT2D eigenvalue weighted by Gasteiger charge is -2.14. The summed E-state index contributed by atoms with van der Waals surface area (Å²) in [6.07, 6.45) is 1.22. The van der Waals surface area contributed by atoms with Crippen molar-refractivity contribution in [3.63, 3.8) is 0 Å². The van der Waals surface area contributed by atoms with Gasteiger partial charge in [-0.15, -0.1) is 0 Å². The summed E-state index contributed by atoms with van der Waals surface area (Å²) in [5.41, 5.74) is 6.66. The van der Waals surface area contributed by atoms with Crippen LogP contribution in [0.2, 0.25) is 0 Å². The van der Waals surface area contributed by atoms with E-state index in [-0.39, 0.29) is 0 Å². The van der Waals surface area contributed by atoms with Gasteiger partial charge in [-0.05, 0) is 27.2 Å². The molecule has 0 amide bonds. The van der Waals surface area contributed by atoms with Crippen LogP contribution in [-0.2, 0) is 0 Å². The molecule has 2 N–H and O–H groups in total. The third-order valence-electron chi connectivity index (χ3n) is 1.47. The van der Waals surface area contributed by atoms with Crippen LogP contribution in [0.15, 0.2) is 0 Å². The molecule has 0 aromatic heterocycles. The molecular weight excluding hydrogens is 100 g/mol. The molecule has 2 nitrogen and oxygen atoms in total. The molecular formula is C6H14N2. The first-order valence-electron chi connectivity index (χ1n) is 3.13. The third kappa shape index (κ3) is 1.20. The molecule has 2 heteroatoms. The largest absolute Gasteiger partial charge is 0.254 e. The third-order valence-corrected chi connectivity index (χ3v) is 1.47. The summed E-state index contributed by atoms with van der Waals surface area (Å²) in [5.74, 6) is 0. The number of rotatable bonds is 0. The molecule has 1 fully saturated rings. The number of hydrogen-bond donors (Lipinski definition) is 2. The Kier molecular flexibility index (Phi) is 1.29. The van der Waals surface area contributed by atoms with Crippen LogP contribution < -0.4 is 10.9 Å². The van der Waals surface area contributed by atoms with Crippen molar-refractivity contribution in [1.82, 2.24) is 10.9 Å². The van der Waals surface area contributed by atoms with Gasteiger partial charge in [0.2, 0.25) is 0 Å². The molecule has 0 bridgehead atoms. The maximum atomic E-state index is 3.20. The highest BCUT2D eigenvalue weighted by atomic mass is 15.4. The van der Waals surface area contributed by atoms with E-state index < -0.39 is 0 Å². The summed E-state index contributed by atoms with van der Waals surface area (Å²) in [6, 6.07) is 0.630.